The molecule has 2 aromatic carbocycles. The number of aromatic amines is 1. The van der Waals surface area contributed by atoms with E-state index in [0.717, 1.165) is 17.0 Å². The molecular formula is C25H24F3N6O3+. The molecule has 0 bridgehead atoms. The number of nitrogens with one attached hydrogen (secondary N) is 2. The lowest BCUT2D eigenvalue weighted by molar-refractivity contribution is -0.872. The number of esters is 1. The Morgan fingerprint density at radius 1 is 1.24 bits per heavy atom. The van der Waals surface area contributed by atoms with Gasteiger partial charge in [0.2, 0.25) is 5.95 Å². The quantitative estimate of drug-likeness (QED) is 0.507. The zero-order chi connectivity index (χ0) is 27.1. The summed E-state index contributed by atoms with van der Waals surface area (Å²) in [5.74, 6) is -0.752. The van der Waals surface area contributed by atoms with Gasteiger partial charge < -0.3 is 9.64 Å². The number of carbonyl (C=O) groups excluding carboxylic acids is 1. The number of methoxy groups -OCH3 is 1. The van der Waals surface area contributed by atoms with Crippen molar-refractivity contribution in [2.24, 2.45) is 0 Å². The SMILES string of the molecule is COC(=O)C1=C(C)N(c2cccc(C(F)(F)F)c2)c2n[nH]c(=O)n2C1c1ccc(C#N)cc1C[NH+](C)C. The topological polar surface area (TPSA) is 108 Å². The van der Waals surface area contributed by atoms with Crippen molar-refractivity contribution >= 4 is 17.6 Å². The normalized spacial score (nSPS) is 15.5. The van der Waals surface area contributed by atoms with Crippen molar-refractivity contribution in [2.45, 2.75) is 25.7 Å². The van der Waals surface area contributed by atoms with Gasteiger partial charge >= 0.3 is 17.8 Å². The van der Waals surface area contributed by atoms with Crippen LogP contribution in [0.1, 0.15) is 35.2 Å². The Bertz CT molecular complexity index is 1500. The van der Waals surface area contributed by atoms with E-state index < -0.39 is 29.4 Å². The zero-order valence-electron chi connectivity index (χ0n) is 20.5. The molecule has 0 radical (unpaired) electrons. The fourth-order valence-electron chi connectivity index (χ4n) is 4.55. The second kappa shape index (κ2) is 9.59. The number of quaternary nitrogens is 1. The van der Waals surface area contributed by atoms with Gasteiger partial charge in [0.15, 0.2) is 0 Å². The molecule has 0 spiro atoms. The first kappa shape index (κ1) is 25.7. The number of allylic oxidation sites excluding steroid dienone is 1. The van der Waals surface area contributed by atoms with Gasteiger partial charge in [-0.2, -0.15) is 18.4 Å². The largest absolute Gasteiger partial charge is 0.466 e. The molecule has 2 N–H and O–H groups in total. The third-order valence-corrected chi connectivity index (χ3v) is 6.09. The number of hydrogen-bond donors (Lipinski definition) is 2. The number of H-pyrrole nitrogens is 1. The van der Waals surface area contributed by atoms with E-state index in [1.807, 2.05) is 14.1 Å². The van der Waals surface area contributed by atoms with E-state index in [9.17, 15) is 28.0 Å². The lowest BCUT2D eigenvalue weighted by Gasteiger charge is -2.36. The monoisotopic (exact) mass is 513 g/mol. The summed E-state index contributed by atoms with van der Waals surface area (Å²) < 4.78 is 46.7. The number of hydrogen-bond acceptors (Lipinski definition) is 6. The Hall–Kier alpha value is -4.37. The highest BCUT2D eigenvalue weighted by Gasteiger charge is 2.41. The van der Waals surface area contributed by atoms with Crippen LogP contribution >= 0.6 is 0 Å². The van der Waals surface area contributed by atoms with Gasteiger partial charge in [-0.15, -0.1) is 5.10 Å². The molecule has 0 aliphatic carbocycles. The van der Waals surface area contributed by atoms with Gasteiger partial charge in [0.05, 0.1) is 44.0 Å². The molecule has 192 valence electrons. The molecule has 1 aliphatic heterocycles. The third-order valence-electron chi connectivity index (χ3n) is 6.09. The van der Waals surface area contributed by atoms with E-state index in [1.54, 1.807) is 25.1 Å². The minimum Gasteiger partial charge on any atom is -0.466 e. The number of benzene rings is 2. The molecule has 9 nitrogen and oxygen atoms in total. The van der Waals surface area contributed by atoms with Gasteiger partial charge in [0.25, 0.3) is 0 Å². The average Bonchev–Trinajstić information content (AvgIpc) is 3.22. The molecule has 1 aliphatic rings. The van der Waals surface area contributed by atoms with Crippen LogP contribution in [0.3, 0.4) is 0 Å². The number of fused-ring (bicyclic) bond motifs is 1. The second-order valence-corrected chi connectivity index (χ2v) is 8.88. The first-order valence-electron chi connectivity index (χ1n) is 11.2. The second-order valence-electron chi connectivity index (χ2n) is 8.88. The fourth-order valence-corrected chi connectivity index (χ4v) is 4.55. The molecule has 1 aromatic heterocycles. The molecule has 1 atom stereocenters. The molecule has 4 rings (SSSR count). The maximum atomic E-state index is 13.5. The summed E-state index contributed by atoms with van der Waals surface area (Å²) in [7, 11) is 5.01. The molecule has 12 heteroatoms. The Kier molecular flexibility index (Phi) is 6.66. The highest BCUT2D eigenvalue weighted by atomic mass is 19.4. The number of halogens is 3. The first-order valence-corrected chi connectivity index (χ1v) is 11.2. The number of ether oxygens (including phenoxy) is 1. The van der Waals surface area contributed by atoms with E-state index in [-0.39, 0.29) is 22.9 Å². The van der Waals surface area contributed by atoms with Crippen LogP contribution in [0, 0.1) is 11.3 Å². The number of aromatic nitrogens is 3. The summed E-state index contributed by atoms with van der Waals surface area (Å²) >= 11 is 0. The fraction of sp³-hybridized carbons (Fsp3) is 0.280. The van der Waals surface area contributed by atoms with Crippen LogP contribution in [-0.4, -0.2) is 41.9 Å². The van der Waals surface area contributed by atoms with Crippen molar-refractivity contribution in [2.75, 3.05) is 26.1 Å². The number of nitrogens with zero attached hydrogens (tertiary/aromatic N) is 4. The molecule has 37 heavy (non-hydrogen) atoms. The van der Waals surface area contributed by atoms with Crippen LogP contribution < -0.4 is 15.5 Å². The number of rotatable bonds is 5. The van der Waals surface area contributed by atoms with Crippen LogP contribution in [0.15, 0.2) is 58.5 Å². The molecule has 3 aromatic rings. The van der Waals surface area contributed by atoms with Crippen molar-refractivity contribution in [3.05, 3.63) is 86.5 Å². The molecule has 2 heterocycles. The molecule has 0 fully saturated rings. The molecule has 0 saturated carbocycles. The molecular weight excluding hydrogens is 489 g/mol. The lowest BCUT2D eigenvalue weighted by atomic mass is 9.90. The summed E-state index contributed by atoms with van der Waals surface area (Å²) in [5, 5.41) is 15.9. The van der Waals surface area contributed by atoms with Crippen molar-refractivity contribution in [1.29, 1.82) is 5.26 Å². The standard InChI is InChI=1S/C25H23F3N6O3/c1-14-20(22(35)37-4)21(19-9-8-15(12-29)10-16(19)13-32(2)3)34-23(30-31-24(34)36)33(14)18-7-5-6-17(11-18)25(26,27)28/h5-11,21H,13H2,1-4H3,(H,31,36)/p+1. The van der Waals surface area contributed by atoms with Crippen molar-refractivity contribution in [3.8, 4) is 6.07 Å². The number of anilines is 2. The van der Waals surface area contributed by atoms with E-state index in [2.05, 4.69) is 16.3 Å². The van der Waals surface area contributed by atoms with Crippen LogP contribution in [0.2, 0.25) is 0 Å². The Balaban J connectivity index is 2.03. The van der Waals surface area contributed by atoms with Gasteiger partial charge in [0.1, 0.15) is 12.6 Å². The minimum atomic E-state index is -4.60. The summed E-state index contributed by atoms with van der Waals surface area (Å²) in [5.41, 5.74) is 0.474. The van der Waals surface area contributed by atoms with Crippen LogP contribution in [0.25, 0.3) is 0 Å². The minimum absolute atomic E-state index is 0.00647. The third kappa shape index (κ3) is 4.61. The zero-order valence-corrected chi connectivity index (χ0v) is 20.5. The van der Waals surface area contributed by atoms with E-state index >= 15 is 0 Å². The average molecular weight is 514 g/mol. The highest BCUT2D eigenvalue weighted by molar-refractivity contribution is 5.93. The summed E-state index contributed by atoms with van der Waals surface area (Å²) in [6.07, 6.45) is -4.60. The van der Waals surface area contributed by atoms with Gasteiger partial charge in [-0.3, -0.25) is 4.90 Å². The first-order chi connectivity index (χ1) is 17.5. The smallest absolute Gasteiger partial charge is 0.416 e. The van der Waals surface area contributed by atoms with Gasteiger partial charge in [0, 0.05) is 16.9 Å². The van der Waals surface area contributed by atoms with Gasteiger partial charge in [-0.05, 0) is 42.8 Å². The van der Waals surface area contributed by atoms with Gasteiger partial charge in [-0.1, -0.05) is 12.1 Å². The van der Waals surface area contributed by atoms with Gasteiger partial charge in [-0.25, -0.2) is 19.3 Å². The van der Waals surface area contributed by atoms with Crippen molar-refractivity contribution in [3.63, 3.8) is 0 Å². The molecule has 0 amide bonds. The maximum absolute atomic E-state index is 13.5. The van der Waals surface area contributed by atoms with Crippen LogP contribution in [0.4, 0.5) is 24.8 Å². The highest BCUT2D eigenvalue weighted by Crippen LogP contribution is 2.43. The Labute approximate surface area is 210 Å². The Morgan fingerprint density at radius 3 is 2.59 bits per heavy atom. The van der Waals surface area contributed by atoms with E-state index in [0.29, 0.717) is 23.2 Å². The number of carbonyl (C=O) groups is 1. The number of alkyl halides is 3. The van der Waals surface area contributed by atoms with E-state index in [1.165, 1.54) is 28.7 Å². The van der Waals surface area contributed by atoms with Crippen molar-refractivity contribution in [1.82, 2.24) is 14.8 Å². The van der Waals surface area contributed by atoms with Crippen LogP contribution in [0.5, 0.6) is 0 Å². The van der Waals surface area contributed by atoms with Crippen LogP contribution in [-0.2, 0) is 22.3 Å². The predicted molar refractivity (Wildman–Crippen MR) is 127 cm³/mol. The molecule has 0 saturated heterocycles. The summed E-state index contributed by atoms with van der Waals surface area (Å²) in [4.78, 5) is 28.6. The Morgan fingerprint density at radius 2 is 1.97 bits per heavy atom. The molecule has 1 unspecified atom stereocenters. The predicted octanol–water partition coefficient (Wildman–Crippen LogP) is 2.29. The number of nitriles is 1. The lowest BCUT2D eigenvalue weighted by Crippen LogP contribution is -3.04. The summed E-state index contributed by atoms with van der Waals surface area (Å²) in [6.45, 7) is 2.02. The van der Waals surface area contributed by atoms with Crippen molar-refractivity contribution < 1.29 is 27.6 Å². The maximum Gasteiger partial charge on any atom is 0.416 e. The van der Waals surface area contributed by atoms with E-state index in [4.69, 9.17) is 4.74 Å². The summed E-state index contributed by atoms with van der Waals surface area (Å²) in [6, 6.07) is 10.6.